The van der Waals surface area contributed by atoms with Gasteiger partial charge in [-0.1, -0.05) is 98.5 Å². The van der Waals surface area contributed by atoms with Crippen molar-refractivity contribution in [2.75, 3.05) is 79.3 Å². The van der Waals surface area contributed by atoms with Crippen LogP contribution in [0.1, 0.15) is 110 Å². The van der Waals surface area contributed by atoms with Crippen LogP contribution in [0.3, 0.4) is 0 Å². The first-order valence-corrected chi connectivity index (χ1v) is 26.5. The molecule has 77 heavy (non-hydrogen) atoms. The van der Waals surface area contributed by atoms with Gasteiger partial charge in [-0.05, 0) is 85.8 Å². The summed E-state index contributed by atoms with van der Waals surface area (Å²) in [4.78, 5) is 40.4. The molecule has 0 bridgehead atoms. The van der Waals surface area contributed by atoms with Crippen molar-refractivity contribution in [2.24, 2.45) is 35.5 Å². The van der Waals surface area contributed by atoms with Crippen LogP contribution in [-0.4, -0.2) is 132 Å². The van der Waals surface area contributed by atoms with Gasteiger partial charge in [0.05, 0.1) is 69.2 Å². The molecule has 2 rings (SSSR count). The molecule has 0 aliphatic carbocycles. The predicted octanol–water partition coefficient (Wildman–Crippen LogP) is 8.37. The normalized spacial score (nSPS) is 14.8. The monoisotopic (exact) mass is 1070 g/mol. The molecule has 0 heterocycles. The van der Waals surface area contributed by atoms with Gasteiger partial charge in [-0.2, -0.15) is 0 Å². The van der Waals surface area contributed by atoms with Gasteiger partial charge < -0.3 is 62.3 Å². The predicted molar refractivity (Wildman–Crippen MR) is 294 cm³/mol. The Hall–Kier alpha value is -6.37. The molecule has 0 amide bonds. The lowest BCUT2D eigenvalue weighted by atomic mass is 9.81. The number of hydrogen-bond acceptors (Lipinski definition) is 16. The molecule has 0 spiro atoms. The van der Waals surface area contributed by atoms with Gasteiger partial charge in [-0.3, -0.25) is 9.59 Å². The highest BCUT2D eigenvalue weighted by Crippen LogP contribution is 2.33. The second kappa shape index (κ2) is 38.2. The fourth-order valence-electron chi connectivity index (χ4n) is 7.95. The summed E-state index contributed by atoms with van der Waals surface area (Å²) in [7, 11) is 0. The Morgan fingerprint density at radius 1 is 0.558 bits per heavy atom. The highest BCUT2D eigenvalue weighted by Gasteiger charge is 2.31. The van der Waals surface area contributed by atoms with E-state index in [0.717, 1.165) is 12.8 Å². The molecular weight excluding hydrogens is 989 g/mol. The van der Waals surface area contributed by atoms with E-state index in [-0.39, 0.29) is 126 Å². The Kier molecular flexibility index (Phi) is 33.1. The van der Waals surface area contributed by atoms with Crippen LogP contribution in [0.5, 0.6) is 23.0 Å². The van der Waals surface area contributed by atoms with Crippen molar-refractivity contribution in [3.8, 4) is 72.4 Å². The summed E-state index contributed by atoms with van der Waals surface area (Å²) in [6, 6.07) is 9.45. The number of carbonyl (C=O) groups excluding carboxylic acids is 3. The SMILES string of the molecule is C#CCOc1ccc(C(=C)OCC(COCCOCCOCC(COC(=O)c2ccc(OCC#C)c(OCC#C)c2)OC(=O)C(C)CC(C)C(C)C(O)CCC)OC(=O)C(C)C(C)C(C)CC(O)CCC)cc1OCC#C. The Balaban J connectivity index is 2.11. The largest absolute Gasteiger partial charge is 0.490 e. The van der Waals surface area contributed by atoms with Crippen LogP contribution in [0.25, 0.3) is 5.76 Å². The number of aliphatic hydroxyl groups is 2. The van der Waals surface area contributed by atoms with Crippen molar-refractivity contribution in [1.29, 1.82) is 0 Å². The van der Waals surface area contributed by atoms with Gasteiger partial charge in [0.15, 0.2) is 35.2 Å². The molecule has 0 aliphatic rings. The van der Waals surface area contributed by atoms with E-state index in [2.05, 4.69) is 30.3 Å². The van der Waals surface area contributed by atoms with Gasteiger partial charge in [-0.15, -0.1) is 25.7 Å². The molecule has 0 fully saturated rings. The minimum atomic E-state index is -0.985. The van der Waals surface area contributed by atoms with E-state index in [0.29, 0.717) is 42.7 Å². The van der Waals surface area contributed by atoms with Crippen molar-refractivity contribution < 1.29 is 76.7 Å². The van der Waals surface area contributed by atoms with Crippen LogP contribution in [0.15, 0.2) is 43.0 Å². The molecule has 424 valence electrons. The van der Waals surface area contributed by atoms with Crippen molar-refractivity contribution in [1.82, 2.24) is 0 Å². The van der Waals surface area contributed by atoms with E-state index >= 15 is 0 Å². The molecule has 0 saturated heterocycles. The Labute approximate surface area is 458 Å². The lowest BCUT2D eigenvalue weighted by Gasteiger charge is -2.28. The molecule has 2 aromatic rings. The van der Waals surface area contributed by atoms with Crippen LogP contribution < -0.4 is 18.9 Å². The first-order valence-electron chi connectivity index (χ1n) is 26.5. The maximum absolute atomic E-state index is 13.6. The van der Waals surface area contributed by atoms with Crippen molar-refractivity contribution in [3.63, 3.8) is 0 Å². The van der Waals surface area contributed by atoms with E-state index in [1.165, 1.54) is 18.2 Å². The Morgan fingerprint density at radius 2 is 1.01 bits per heavy atom. The summed E-state index contributed by atoms with van der Waals surface area (Å²) < 4.78 is 63.4. The standard InChI is InChI=1S/C61H84O16/c1-14-20-51(62)35-43(8)45(10)47(12)60(65)77-52(40-74-48(13)49-22-24-55(70-26-16-3)57(36-49)72-28-18-5)38-68-32-30-67-31-33-69-39-53(76-59(64)44(9)34-42(7)46(11)54(63)21-15-2)41-75-61(66)50-23-25-56(71-27-17-4)58(37-50)73-29-19-6/h3-6,22-25,36-37,42-47,51-54,62-63H,13-15,20-21,26-35,38-41H2,1-2,7-12H3. The van der Waals surface area contributed by atoms with Crippen LogP contribution >= 0.6 is 0 Å². The summed E-state index contributed by atoms with van der Waals surface area (Å²) in [5.41, 5.74) is 0.684. The van der Waals surface area contributed by atoms with E-state index in [1.807, 2.05) is 48.5 Å². The first-order chi connectivity index (χ1) is 36.9. The summed E-state index contributed by atoms with van der Waals surface area (Å²) >= 11 is 0. The smallest absolute Gasteiger partial charge is 0.338 e. The number of benzene rings is 2. The Morgan fingerprint density at radius 3 is 1.53 bits per heavy atom. The number of esters is 3. The van der Waals surface area contributed by atoms with Gasteiger partial charge in [0.1, 0.15) is 45.4 Å². The summed E-state index contributed by atoms with van der Waals surface area (Å²) in [6.07, 6.45) is 22.8. The number of carbonyl (C=O) groups is 3. The van der Waals surface area contributed by atoms with Crippen molar-refractivity contribution in [3.05, 3.63) is 54.1 Å². The molecule has 0 aliphatic heterocycles. The second-order valence-corrected chi connectivity index (χ2v) is 19.1. The van der Waals surface area contributed by atoms with Crippen LogP contribution in [0, 0.1) is 84.9 Å². The molecule has 0 saturated carbocycles. The van der Waals surface area contributed by atoms with Gasteiger partial charge in [0.2, 0.25) is 0 Å². The quantitative estimate of drug-likeness (QED) is 0.0212. The zero-order valence-corrected chi connectivity index (χ0v) is 46.6. The van der Waals surface area contributed by atoms with Gasteiger partial charge in [0, 0.05) is 5.56 Å². The van der Waals surface area contributed by atoms with Crippen LogP contribution in [-0.2, 0) is 42.7 Å². The maximum atomic E-state index is 13.6. The molecule has 10 unspecified atom stereocenters. The third kappa shape index (κ3) is 25.6. The van der Waals surface area contributed by atoms with Crippen LogP contribution in [0.2, 0.25) is 0 Å². The molecule has 10 atom stereocenters. The highest BCUT2D eigenvalue weighted by atomic mass is 16.6. The Bertz CT molecular complexity index is 2250. The van der Waals surface area contributed by atoms with Gasteiger partial charge >= 0.3 is 17.9 Å². The van der Waals surface area contributed by atoms with E-state index in [9.17, 15) is 24.6 Å². The molecule has 0 radical (unpaired) electrons. The second-order valence-electron chi connectivity index (χ2n) is 19.1. The molecule has 16 nitrogen and oxygen atoms in total. The number of rotatable bonds is 41. The third-order valence-corrected chi connectivity index (χ3v) is 13.0. The molecular formula is C61H84O16. The zero-order valence-electron chi connectivity index (χ0n) is 46.6. The number of hydrogen-bond donors (Lipinski definition) is 2. The van der Waals surface area contributed by atoms with Crippen LogP contribution in [0.4, 0.5) is 0 Å². The maximum Gasteiger partial charge on any atom is 0.338 e. The lowest BCUT2D eigenvalue weighted by molar-refractivity contribution is -0.161. The zero-order chi connectivity index (χ0) is 57.1. The van der Waals surface area contributed by atoms with Gasteiger partial charge in [-0.25, -0.2) is 4.79 Å². The molecule has 0 aromatic heterocycles. The topological polar surface area (TPSA) is 193 Å². The van der Waals surface area contributed by atoms with E-state index < -0.39 is 54.2 Å². The molecule has 2 aromatic carbocycles. The average molecular weight is 1070 g/mol. The minimum Gasteiger partial charge on any atom is -0.490 e. The number of ether oxygens (including phenoxy) is 11. The van der Waals surface area contributed by atoms with Crippen molar-refractivity contribution in [2.45, 2.75) is 118 Å². The lowest BCUT2D eigenvalue weighted by Crippen LogP contribution is -2.34. The summed E-state index contributed by atoms with van der Waals surface area (Å²) in [5, 5.41) is 21.0. The van der Waals surface area contributed by atoms with E-state index in [4.69, 9.17) is 77.8 Å². The first kappa shape index (κ1) is 66.7. The fraction of sp³-hybridized carbons (Fsp3) is 0.590. The average Bonchev–Trinajstić information content (AvgIpc) is 3.41. The van der Waals surface area contributed by atoms with Gasteiger partial charge in [0.25, 0.3) is 0 Å². The van der Waals surface area contributed by atoms with E-state index in [1.54, 1.807) is 25.1 Å². The molecule has 2 N–H and O–H groups in total. The summed E-state index contributed by atoms with van der Waals surface area (Å²) in [6.45, 7) is 19.4. The highest BCUT2D eigenvalue weighted by molar-refractivity contribution is 5.90. The van der Waals surface area contributed by atoms with Crippen molar-refractivity contribution >= 4 is 23.7 Å². The summed E-state index contributed by atoms with van der Waals surface area (Å²) in [5.74, 6) is 8.31. The number of aliphatic hydroxyl groups excluding tert-OH is 2. The molecule has 16 heteroatoms. The minimum absolute atomic E-state index is 0.0132. The third-order valence-electron chi connectivity index (χ3n) is 13.0. The fourth-order valence-corrected chi connectivity index (χ4v) is 7.95. The number of terminal acetylenes is 4.